The van der Waals surface area contributed by atoms with Crippen LogP contribution in [0.25, 0.3) is 22.5 Å². The summed E-state index contributed by atoms with van der Waals surface area (Å²) in [5.74, 6) is -0.516. The number of carbonyl (C=O) groups excluding carboxylic acids is 2. The van der Waals surface area contributed by atoms with Crippen molar-refractivity contribution in [2.45, 2.75) is 24.2 Å². The molecule has 1 aliphatic rings. The predicted molar refractivity (Wildman–Crippen MR) is 138 cm³/mol. The highest BCUT2D eigenvalue weighted by Crippen LogP contribution is 2.30. The molecule has 1 amide bonds. The number of thioether (sulfide) groups is 1. The Morgan fingerprint density at radius 2 is 1.47 bits per heavy atom. The van der Waals surface area contributed by atoms with Crippen LogP contribution in [0.4, 0.5) is 0 Å². The van der Waals surface area contributed by atoms with E-state index in [1.54, 1.807) is 4.90 Å². The lowest BCUT2D eigenvalue weighted by Gasteiger charge is -2.35. The number of hydrogen-bond acceptors (Lipinski definition) is 7. The minimum atomic E-state index is -0.655. The Morgan fingerprint density at radius 3 is 2.14 bits per heavy atom. The van der Waals surface area contributed by atoms with Crippen LogP contribution < -0.4 is 0 Å². The molecule has 0 N–H and O–H groups in total. The molecule has 36 heavy (non-hydrogen) atoms. The van der Waals surface area contributed by atoms with Gasteiger partial charge < -0.3 is 9.64 Å². The first-order valence-corrected chi connectivity index (χ1v) is 12.5. The largest absolute Gasteiger partial charge is 0.467 e. The summed E-state index contributed by atoms with van der Waals surface area (Å²) >= 11 is 1.21. The van der Waals surface area contributed by atoms with Gasteiger partial charge in [-0.05, 0) is 11.1 Å². The van der Waals surface area contributed by atoms with Gasteiger partial charge in [-0.15, -0.1) is 10.2 Å². The molecule has 0 aliphatic carbocycles. The van der Waals surface area contributed by atoms with Crippen molar-refractivity contribution in [2.75, 3.05) is 12.9 Å². The van der Waals surface area contributed by atoms with E-state index in [1.165, 1.54) is 18.9 Å². The number of rotatable bonds is 6. The highest BCUT2D eigenvalue weighted by molar-refractivity contribution is 7.99. The van der Waals surface area contributed by atoms with Crippen molar-refractivity contribution in [1.82, 2.24) is 20.1 Å². The fourth-order valence-electron chi connectivity index (χ4n) is 4.30. The van der Waals surface area contributed by atoms with Crippen molar-refractivity contribution in [3.8, 4) is 22.5 Å². The number of fused-ring (bicyclic) bond motifs is 1. The van der Waals surface area contributed by atoms with Gasteiger partial charge in [0.1, 0.15) is 17.4 Å². The monoisotopic (exact) mass is 496 g/mol. The van der Waals surface area contributed by atoms with E-state index in [4.69, 9.17) is 9.72 Å². The molecular formula is C28H24N4O3S. The Bertz CT molecular complexity index is 1380. The second-order valence-corrected chi connectivity index (χ2v) is 9.29. The summed E-state index contributed by atoms with van der Waals surface area (Å²) in [7, 11) is 1.35. The minimum absolute atomic E-state index is 0.0796. The molecule has 2 heterocycles. The molecule has 0 radical (unpaired) electrons. The maximum atomic E-state index is 13.3. The van der Waals surface area contributed by atoms with Crippen LogP contribution in [0.2, 0.25) is 0 Å². The average molecular weight is 497 g/mol. The number of amides is 1. The highest BCUT2D eigenvalue weighted by Gasteiger charge is 2.35. The predicted octanol–water partition coefficient (Wildman–Crippen LogP) is 4.42. The van der Waals surface area contributed by atoms with E-state index < -0.39 is 12.0 Å². The van der Waals surface area contributed by atoms with Gasteiger partial charge in [-0.1, -0.05) is 96.7 Å². The molecule has 4 aromatic rings. The van der Waals surface area contributed by atoms with Gasteiger partial charge in [0.2, 0.25) is 11.1 Å². The molecule has 3 aromatic carbocycles. The molecule has 1 unspecified atom stereocenters. The zero-order valence-corrected chi connectivity index (χ0v) is 20.5. The number of carbonyl (C=O) groups is 2. The number of ether oxygens (including phenoxy) is 1. The summed E-state index contributed by atoms with van der Waals surface area (Å²) in [6.45, 7) is 0.358. The maximum absolute atomic E-state index is 13.3. The molecule has 180 valence electrons. The summed E-state index contributed by atoms with van der Waals surface area (Å²) in [6, 6.07) is 26.8. The van der Waals surface area contributed by atoms with Crippen LogP contribution in [0.3, 0.4) is 0 Å². The van der Waals surface area contributed by atoms with Crippen LogP contribution in [0, 0.1) is 0 Å². The number of nitrogens with zero attached hydrogens (tertiary/aromatic N) is 4. The van der Waals surface area contributed by atoms with E-state index in [0.29, 0.717) is 29.5 Å². The fourth-order valence-corrected chi connectivity index (χ4v) is 4.97. The van der Waals surface area contributed by atoms with Crippen LogP contribution in [0.15, 0.2) is 90.1 Å². The summed E-state index contributed by atoms with van der Waals surface area (Å²) < 4.78 is 4.99. The third-order valence-corrected chi connectivity index (χ3v) is 6.95. The summed E-state index contributed by atoms with van der Waals surface area (Å²) in [5.41, 5.74) is 5.30. The van der Waals surface area contributed by atoms with Crippen molar-refractivity contribution in [1.29, 1.82) is 0 Å². The van der Waals surface area contributed by atoms with Crippen LogP contribution in [-0.4, -0.2) is 50.9 Å². The molecule has 0 bridgehead atoms. The van der Waals surface area contributed by atoms with E-state index in [0.717, 1.165) is 22.3 Å². The van der Waals surface area contributed by atoms with Gasteiger partial charge in [0.15, 0.2) is 0 Å². The normalized spacial score (nSPS) is 14.7. The Kier molecular flexibility index (Phi) is 7.04. The quantitative estimate of drug-likeness (QED) is 0.288. The van der Waals surface area contributed by atoms with E-state index in [2.05, 4.69) is 10.2 Å². The van der Waals surface area contributed by atoms with E-state index in [-0.39, 0.29) is 11.7 Å². The molecular weight excluding hydrogens is 472 g/mol. The van der Waals surface area contributed by atoms with Gasteiger partial charge >= 0.3 is 5.97 Å². The summed E-state index contributed by atoms with van der Waals surface area (Å²) in [6.07, 6.45) is 0.432. The number of benzene rings is 3. The van der Waals surface area contributed by atoms with Gasteiger partial charge in [-0.2, -0.15) is 0 Å². The Morgan fingerprint density at radius 1 is 0.861 bits per heavy atom. The Balaban J connectivity index is 1.39. The van der Waals surface area contributed by atoms with Crippen molar-refractivity contribution in [3.05, 3.63) is 96.1 Å². The molecule has 1 aromatic heterocycles. The Labute approximate surface area is 213 Å². The van der Waals surface area contributed by atoms with Crippen molar-refractivity contribution >= 4 is 23.6 Å². The topological polar surface area (TPSA) is 85.3 Å². The molecule has 1 atom stereocenters. The number of methoxy groups -OCH3 is 1. The molecule has 8 heteroatoms. The molecule has 0 fully saturated rings. The average Bonchev–Trinajstić information content (AvgIpc) is 2.95. The molecule has 7 nitrogen and oxygen atoms in total. The SMILES string of the molecule is COC(=O)C1Cc2ccccc2CN1C(=O)CSc1nnc(-c2ccccc2)c(-c2ccccc2)n1. The van der Waals surface area contributed by atoms with E-state index in [1.807, 2.05) is 84.9 Å². The van der Waals surface area contributed by atoms with Gasteiger partial charge in [0.25, 0.3) is 0 Å². The second-order valence-electron chi connectivity index (χ2n) is 8.35. The van der Waals surface area contributed by atoms with Crippen LogP contribution in [0.5, 0.6) is 0 Å². The molecule has 0 saturated heterocycles. The van der Waals surface area contributed by atoms with Crippen LogP contribution in [0.1, 0.15) is 11.1 Å². The van der Waals surface area contributed by atoms with E-state index in [9.17, 15) is 9.59 Å². The zero-order chi connectivity index (χ0) is 24.9. The first-order valence-electron chi connectivity index (χ1n) is 11.6. The smallest absolute Gasteiger partial charge is 0.328 e. The fraction of sp³-hybridized carbons (Fsp3) is 0.179. The zero-order valence-electron chi connectivity index (χ0n) is 19.7. The maximum Gasteiger partial charge on any atom is 0.328 e. The number of hydrogen-bond donors (Lipinski definition) is 0. The van der Waals surface area contributed by atoms with Crippen molar-refractivity contribution in [2.24, 2.45) is 0 Å². The summed E-state index contributed by atoms with van der Waals surface area (Å²) in [5, 5.41) is 9.17. The Hall–Kier alpha value is -4.04. The lowest BCUT2D eigenvalue weighted by atomic mass is 9.94. The standard InChI is InChI=1S/C28H24N4O3S/c1-35-27(34)23-16-21-14-8-9-15-22(21)17-32(23)24(33)18-36-28-29-25(19-10-4-2-5-11-19)26(30-31-28)20-12-6-3-7-13-20/h2-15,23H,16-18H2,1H3. The third kappa shape index (κ3) is 4.99. The molecule has 1 aliphatic heterocycles. The minimum Gasteiger partial charge on any atom is -0.467 e. The van der Waals surface area contributed by atoms with Crippen LogP contribution in [-0.2, 0) is 27.3 Å². The van der Waals surface area contributed by atoms with Gasteiger partial charge in [0.05, 0.1) is 12.9 Å². The molecule has 0 spiro atoms. The van der Waals surface area contributed by atoms with Gasteiger partial charge in [0, 0.05) is 24.1 Å². The number of aromatic nitrogens is 3. The summed E-state index contributed by atoms with van der Waals surface area (Å²) in [4.78, 5) is 32.1. The number of esters is 1. The highest BCUT2D eigenvalue weighted by atomic mass is 32.2. The van der Waals surface area contributed by atoms with Crippen LogP contribution >= 0.6 is 11.8 Å². The first-order chi connectivity index (χ1) is 17.6. The lowest BCUT2D eigenvalue weighted by molar-refractivity contribution is -0.153. The van der Waals surface area contributed by atoms with E-state index >= 15 is 0 Å². The molecule has 0 saturated carbocycles. The lowest BCUT2D eigenvalue weighted by Crippen LogP contribution is -2.49. The first kappa shape index (κ1) is 23.7. The van der Waals surface area contributed by atoms with Gasteiger partial charge in [-0.25, -0.2) is 9.78 Å². The third-order valence-electron chi connectivity index (χ3n) is 6.13. The van der Waals surface area contributed by atoms with Gasteiger partial charge in [-0.3, -0.25) is 4.79 Å². The molecule has 5 rings (SSSR count). The van der Waals surface area contributed by atoms with Crippen molar-refractivity contribution in [3.63, 3.8) is 0 Å². The second kappa shape index (κ2) is 10.7. The van der Waals surface area contributed by atoms with Crippen molar-refractivity contribution < 1.29 is 14.3 Å².